The lowest BCUT2D eigenvalue weighted by atomic mass is 10.1. The van der Waals surface area contributed by atoms with Gasteiger partial charge in [0.05, 0.1) is 6.54 Å². The molecule has 0 aromatic heterocycles. The molecule has 0 bridgehead atoms. The lowest BCUT2D eigenvalue weighted by Crippen LogP contribution is -2.27. The molecule has 0 spiro atoms. The number of nitrogen functional groups attached to an aromatic ring is 1. The first kappa shape index (κ1) is 17.3. The standard InChI is InChI=1S/C17H28N2O2/c1-2-3-4-5-6-7-11-17(20)19-12-13-21-16-10-8-9-15(18)14-16/h8-10,14H,2-7,11-13,18H2,1H3,(H,19,20). The van der Waals surface area contributed by atoms with Crippen molar-refractivity contribution >= 4 is 11.6 Å². The summed E-state index contributed by atoms with van der Waals surface area (Å²) in [7, 11) is 0. The topological polar surface area (TPSA) is 64.3 Å². The molecule has 0 heterocycles. The highest BCUT2D eigenvalue weighted by Crippen LogP contribution is 2.13. The maximum absolute atomic E-state index is 11.6. The van der Waals surface area contributed by atoms with Crippen molar-refractivity contribution in [1.82, 2.24) is 5.32 Å². The molecule has 0 radical (unpaired) electrons. The van der Waals surface area contributed by atoms with Gasteiger partial charge in [0.25, 0.3) is 0 Å². The van der Waals surface area contributed by atoms with E-state index < -0.39 is 0 Å². The van der Waals surface area contributed by atoms with E-state index in [1.54, 1.807) is 6.07 Å². The minimum Gasteiger partial charge on any atom is -0.492 e. The summed E-state index contributed by atoms with van der Waals surface area (Å²) in [5.41, 5.74) is 6.34. The van der Waals surface area contributed by atoms with Crippen LogP contribution in [0.2, 0.25) is 0 Å². The number of amides is 1. The monoisotopic (exact) mass is 292 g/mol. The van der Waals surface area contributed by atoms with Crippen molar-refractivity contribution in [1.29, 1.82) is 0 Å². The van der Waals surface area contributed by atoms with E-state index in [1.807, 2.05) is 18.2 Å². The maximum atomic E-state index is 11.6. The number of rotatable bonds is 11. The van der Waals surface area contributed by atoms with Crippen molar-refractivity contribution in [2.45, 2.75) is 51.9 Å². The number of hydrogen-bond donors (Lipinski definition) is 2. The van der Waals surface area contributed by atoms with E-state index in [0.717, 1.165) is 18.6 Å². The Bertz CT molecular complexity index is 408. The molecule has 0 unspecified atom stereocenters. The molecule has 4 heteroatoms. The predicted molar refractivity (Wildman–Crippen MR) is 87.4 cm³/mol. The molecule has 0 atom stereocenters. The third-order valence-corrected chi connectivity index (χ3v) is 3.31. The second-order valence-corrected chi connectivity index (χ2v) is 5.29. The van der Waals surface area contributed by atoms with E-state index in [-0.39, 0.29) is 5.91 Å². The summed E-state index contributed by atoms with van der Waals surface area (Å²) in [5, 5.41) is 2.87. The number of carbonyl (C=O) groups is 1. The van der Waals surface area contributed by atoms with Crippen LogP contribution in [0.15, 0.2) is 24.3 Å². The van der Waals surface area contributed by atoms with Gasteiger partial charge in [0.2, 0.25) is 5.91 Å². The fourth-order valence-corrected chi connectivity index (χ4v) is 2.12. The minimum absolute atomic E-state index is 0.113. The second-order valence-electron chi connectivity index (χ2n) is 5.29. The zero-order valence-electron chi connectivity index (χ0n) is 13.1. The van der Waals surface area contributed by atoms with Crippen LogP contribution in [0.1, 0.15) is 51.9 Å². The van der Waals surface area contributed by atoms with E-state index in [9.17, 15) is 4.79 Å². The van der Waals surface area contributed by atoms with Crippen LogP contribution in [0.4, 0.5) is 5.69 Å². The Morgan fingerprint density at radius 2 is 1.95 bits per heavy atom. The second kappa shape index (κ2) is 11.0. The van der Waals surface area contributed by atoms with Gasteiger partial charge < -0.3 is 15.8 Å². The molecule has 4 nitrogen and oxygen atoms in total. The van der Waals surface area contributed by atoms with Crippen molar-refractivity contribution < 1.29 is 9.53 Å². The zero-order chi connectivity index (χ0) is 15.3. The summed E-state index contributed by atoms with van der Waals surface area (Å²) in [5.74, 6) is 0.849. The molecule has 0 aliphatic carbocycles. The highest BCUT2D eigenvalue weighted by atomic mass is 16.5. The SMILES string of the molecule is CCCCCCCCC(=O)NCCOc1cccc(N)c1. The normalized spacial score (nSPS) is 10.3. The van der Waals surface area contributed by atoms with Crippen LogP contribution in [0.3, 0.4) is 0 Å². The average Bonchev–Trinajstić information content (AvgIpc) is 2.47. The van der Waals surface area contributed by atoms with Gasteiger partial charge in [0, 0.05) is 18.2 Å². The summed E-state index contributed by atoms with van der Waals surface area (Å²) < 4.78 is 5.51. The molecular weight excluding hydrogens is 264 g/mol. The van der Waals surface area contributed by atoms with Crippen LogP contribution in [-0.4, -0.2) is 19.1 Å². The Balaban J connectivity index is 1.98. The van der Waals surface area contributed by atoms with Crippen LogP contribution < -0.4 is 15.8 Å². The van der Waals surface area contributed by atoms with Crippen molar-refractivity contribution in [3.63, 3.8) is 0 Å². The lowest BCUT2D eigenvalue weighted by molar-refractivity contribution is -0.121. The average molecular weight is 292 g/mol. The Morgan fingerprint density at radius 3 is 2.71 bits per heavy atom. The first-order valence-electron chi connectivity index (χ1n) is 7.97. The van der Waals surface area contributed by atoms with Gasteiger partial charge in [-0.05, 0) is 18.6 Å². The molecule has 0 saturated carbocycles. The Morgan fingerprint density at radius 1 is 1.19 bits per heavy atom. The number of unbranched alkanes of at least 4 members (excludes halogenated alkanes) is 5. The van der Waals surface area contributed by atoms with Gasteiger partial charge in [-0.3, -0.25) is 4.79 Å². The molecular formula is C17H28N2O2. The number of hydrogen-bond acceptors (Lipinski definition) is 3. The molecule has 21 heavy (non-hydrogen) atoms. The van der Waals surface area contributed by atoms with E-state index in [2.05, 4.69) is 12.2 Å². The van der Waals surface area contributed by atoms with Crippen LogP contribution in [0.25, 0.3) is 0 Å². The molecule has 1 rings (SSSR count). The quantitative estimate of drug-likeness (QED) is 0.484. The van der Waals surface area contributed by atoms with E-state index in [0.29, 0.717) is 25.3 Å². The van der Waals surface area contributed by atoms with Gasteiger partial charge in [0.1, 0.15) is 12.4 Å². The molecule has 118 valence electrons. The number of nitrogens with one attached hydrogen (secondary N) is 1. The Kier molecular flexibility index (Phi) is 9.09. The van der Waals surface area contributed by atoms with Gasteiger partial charge in [-0.25, -0.2) is 0 Å². The minimum atomic E-state index is 0.113. The third-order valence-electron chi connectivity index (χ3n) is 3.31. The molecule has 0 saturated heterocycles. The molecule has 3 N–H and O–H groups in total. The number of benzene rings is 1. The van der Waals surface area contributed by atoms with Gasteiger partial charge in [0.15, 0.2) is 0 Å². The highest BCUT2D eigenvalue weighted by molar-refractivity contribution is 5.75. The first-order valence-corrected chi connectivity index (χ1v) is 7.97. The van der Waals surface area contributed by atoms with Crippen LogP contribution in [0.5, 0.6) is 5.75 Å². The van der Waals surface area contributed by atoms with Gasteiger partial charge >= 0.3 is 0 Å². The summed E-state index contributed by atoms with van der Waals surface area (Å²) in [6, 6.07) is 7.30. The number of ether oxygens (including phenoxy) is 1. The van der Waals surface area contributed by atoms with Crippen molar-refractivity contribution in [3.05, 3.63) is 24.3 Å². The third kappa shape index (κ3) is 8.95. The smallest absolute Gasteiger partial charge is 0.220 e. The fraction of sp³-hybridized carbons (Fsp3) is 0.588. The number of carbonyl (C=O) groups excluding carboxylic acids is 1. The first-order chi connectivity index (χ1) is 10.2. The fourth-order valence-electron chi connectivity index (χ4n) is 2.12. The maximum Gasteiger partial charge on any atom is 0.220 e. The number of anilines is 1. The van der Waals surface area contributed by atoms with E-state index >= 15 is 0 Å². The molecule has 0 aliphatic rings. The lowest BCUT2D eigenvalue weighted by Gasteiger charge is -2.08. The van der Waals surface area contributed by atoms with E-state index in [1.165, 1.54) is 25.7 Å². The largest absolute Gasteiger partial charge is 0.492 e. The van der Waals surface area contributed by atoms with Crippen LogP contribution in [0, 0.1) is 0 Å². The van der Waals surface area contributed by atoms with Gasteiger partial charge in [-0.1, -0.05) is 45.1 Å². The molecule has 1 aromatic rings. The molecule has 0 aliphatic heterocycles. The van der Waals surface area contributed by atoms with Crippen LogP contribution >= 0.6 is 0 Å². The summed E-state index contributed by atoms with van der Waals surface area (Å²) in [6.45, 7) is 3.20. The zero-order valence-corrected chi connectivity index (χ0v) is 13.1. The van der Waals surface area contributed by atoms with Gasteiger partial charge in [-0.15, -0.1) is 0 Å². The van der Waals surface area contributed by atoms with Crippen molar-refractivity contribution in [3.8, 4) is 5.75 Å². The van der Waals surface area contributed by atoms with Crippen LogP contribution in [-0.2, 0) is 4.79 Å². The Hall–Kier alpha value is -1.71. The molecule has 1 amide bonds. The summed E-state index contributed by atoms with van der Waals surface area (Å²) >= 11 is 0. The van der Waals surface area contributed by atoms with E-state index in [4.69, 9.17) is 10.5 Å². The number of nitrogens with two attached hydrogens (primary N) is 1. The van der Waals surface area contributed by atoms with Crippen molar-refractivity contribution in [2.24, 2.45) is 0 Å². The summed E-state index contributed by atoms with van der Waals surface area (Å²) in [6.07, 6.45) is 7.82. The van der Waals surface area contributed by atoms with Crippen molar-refractivity contribution in [2.75, 3.05) is 18.9 Å². The highest BCUT2D eigenvalue weighted by Gasteiger charge is 2.01. The van der Waals surface area contributed by atoms with Gasteiger partial charge in [-0.2, -0.15) is 0 Å². The summed E-state index contributed by atoms with van der Waals surface area (Å²) in [4.78, 5) is 11.6. The molecule has 1 aromatic carbocycles. The Labute approximate surface area is 128 Å². The predicted octanol–water partition coefficient (Wildman–Crippen LogP) is 3.51. The molecule has 0 fully saturated rings.